The Labute approximate surface area is 72.4 Å². The maximum atomic E-state index is 10.1. The predicted octanol–water partition coefficient (Wildman–Crippen LogP) is 2.70. The molecule has 0 fully saturated rings. The highest BCUT2D eigenvalue weighted by atomic mass is 32.2. The molecule has 3 heteroatoms. The van der Waals surface area contributed by atoms with Gasteiger partial charge < -0.3 is 4.57 Å². The topological polar surface area (TPSA) is 17.1 Å². The van der Waals surface area contributed by atoms with Crippen molar-refractivity contribution < 1.29 is 4.57 Å². The SMILES string of the molecule is O=[PH2][CH]CSc1ccccc1. The summed E-state index contributed by atoms with van der Waals surface area (Å²) in [5, 5.41) is 0. The number of benzene rings is 1. The molecule has 1 radical (unpaired) electrons. The summed E-state index contributed by atoms with van der Waals surface area (Å²) < 4.78 is 10.1. The summed E-state index contributed by atoms with van der Waals surface area (Å²) in [6, 6.07) is 10.1. The third kappa shape index (κ3) is 3.64. The molecule has 1 rings (SSSR count). The maximum absolute atomic E-state index is 10.1. The zero-order valence-corrected chi connectivity index (χ0v) is 8.04. The van der Waals surface area contributed by atoms with Crippen molar-refractivity contribution in [3.05, 3.63) is 36.5 Å². The van der Waals surface area contributed by atoms with Crippen molar-refractivity contribution in [1.29, 1.82) is 0 Å². The Bertz CT molecular complexity index is 213. The molecular formula is C8H10OPS. The van der Waals surface area contributed by atoms with Crippen LogP contribution in [0.1, 0.15) is 0 Å². The Morgan fingerprint density at radius 3 is 2.73 bits per heavy atom. The highest BCUT2D eigenvalue weighted by molar-refractivity contribution is 7.99. The molecule has 0 aliphatic rings. The molecule has 0 aromatic heterocycles. The van der Waals surface area contributed by atoms with E-state index in [1.54, 1.807) is 11.8 Å². The average molecular weight is 185 g/mol. The van der Waals surface area contributed by atoms with Crippen LogP contribution in [0.4, 0.5) is 0 Å². The van der Waals surface area contributed by atoms with Crippen molar-refractivity contribution in [3.63, 3.8) is 0 Å². The highest BCUT2D eigenvalue weighted by Crippen LogP contribution is 2.19. The van der Waals surface area contributed by atoms with Gasteiger partial charge in [-0.25, -0.2) is 0 Å². The fraction of sp³-hybridized carbons (Fsp3) is 0.125. The van der Waals surface area contributed by atoms with Crippen LogP contribution in [0.15, 0.2) is 35.2 Å². The van der Waals surface area contributed by atoms with E-state index in [2.05, 4.69) is 12.1 Å². The molecule has 0 saturated carbocycles. The van der Waals surface area contributed by atoms with Gasteiger partial charge in [0.25, 0.3) is 0 Å². The fourth-order valence-corrected chi connectivity index (χ4v) is 1.94. The lowest BCUT2D eigenvalue weighted by Crippen LogP contribution is -1.72. The van der Waals surface area contributed by atoms with Crippen molar-refractivity contribution >= 4 is 20.2 Å². The van der Waals surface area contributed by atoms with Gasteiger partial charge in [0.2, 0.25) is 0 Å². The quantitative estimate of drug-likeness (QED) is 0.407. The van der Waals surface area contributed by atoms with E-state index >= 15 is 0 Å². The van der Waals surface area contributed by atoms with Crippen LogP contribution in [-0.2, 0) is 4.57 Å². The second-order valence-corrected chi connectivity index (χ2v) is 3.83. The first kappa shape index (κ1) is 8.89. The van der Waals surface area contributed by atoms with E-state index < -0.39 is 8.46 Å². The molecule has 0 aliphatic carbocycles. The lowest BCUT2D eigenvalue weighted by molar-refractivity contribution is 0.601. The van der Waals surface area contributed by atoms with Gasteiger partial charge in [-0.15, -0.1) is 11.8 Å². The van der Waals surface area contributed by atoms with Gasteiger partial charge in [0, 0.05) is 16.8 Å². The number of hydrogen-bond acceptors (Lipinski definition) is 2. The van der Waals surface area contributed by atoms with Crippen molar-refractivity contribution in [2.24, 2.45) is 0 Å². The van der Waals surface area contributed by atoms with Crippen molar-refractivity contribution in [3.8, 4) is 0 Å². The van der Waals surface area contributed by atoms with E-state index in [0.29, 0.717) is 0 Å². The third-order valence-electron chi connectivity index (χ3n) is 1.19. The Morgan fingerprint density at radius 1 is 1.36 bits per heavy atom. The Hall–Kier alpha value is -0.200. The standard InChI is InChI=1S/C8H10OPS/c9-10-6-7-11-8-4-2-1-3-5-8/h1-6H,7,10H2. The number of hydrogen-bond donors (Lipinski definition) is 0. The molecule has 59 valence electrons. The molecule has 0 N–H and O–H groups in total. The van der Waals surface area contributed by atoms with Gasteiger partial charge in [0.15, 0.2) is 0 Å². The van der Waals surface area contributed by atoms with Gasteiger partial charge in [-0.3, -0.25) is 0 Å². The molecule has 0 aliphatic heterocycles. The summed E-state index contributed by atoms with van der Waals surface area (Å²) in [5.41, 5.74) is 0. The average Bonchev–Trinajstić information content (AvgIpc) is 2.07. The minimum Gasteiger partial charge on any atom is -0.330 e. The highest BCUT2D eigenvalue weighted by Gasteiger charge is 1.89. The smallest absolute Gasteiger partial charge is 0.0690 e. The Morgan fingerprint density at radius 2 is 2.09 bits per heavy atom. The van der Waals surface area contributed by atoms with Crippen molar-refractivity contribution in [2.45, 2.75) is 4.90 Å². The Balaban J connectivity index is 2.33. The van der Waals surface area contributed by atoms with Crippen molar-refractivity contribution in [2.75, 3.05) is 5.75 Å². The van der Waals surface area contributed by atoms with Crippen LogP contribution < -0.4 is 0 Å². The molecule has 0 saturated heterocycles. The van der Waals surface area contributed by atoms with Crippen LogP contribution in [0.5, 0.6) is 0 Å². The second-order valence-electron chi connectivity index (χ2n) is 2.00. The van der Waals surface area contributed by atoms with Gasteiger partial charge in [0.1, 0.15) is 0 Å². The zero-order valence-electron chi connectivity index (χ0n) is 6.07. The van der Waals surface area contributed by atoms with Gasteiger partial charge in [-0.05, 0) is 12.1 Å². The van der Waals surface area contributed by atoms with Crippen LogP contribution in [0.3, 0.4) is 0 Å². The number of thioether (sulfide) groups is 1. The number of rotatable bonds is 4. The lowest BCUT2D eigenvalue weighted by atomic mass is 10.4. The molecule has 1 unspecified atom stereocenters. The summed E-state index contributed by atoms with van der Waals surface area (Å²) in [5.74, 6) is 0.850. The predicted molar refractivity (Wildman–Crippen MR) is 51.9 cm³/mol. The monoisotopic (exact) mass is 185 g/mol. The lowest BCUT2D eigenvalue weighted by Gasteiger charge is -1.95. The molecule has 0 bridgehead atoms. The summed E-state index contributed by atoms with van der Waals surface area (Å²) in [7, 11) is -0.692. The molecule has 1 atom stereocenters. The van der Waals surface area contributed by atoms with E-state index in [1.165, 1.54) is 4.90 Å². The summed E-state index contributed by atoms with van der Waals surface area (Å²) in [4.78, 5) is 1.23. The van der Waals surface area contributed by atoms with Crippen LogP contribution in [0.25, 0.3) is 0 Å². The van der Waals surface area contributed by atoms with Crippen LogP contribution >= 0.6 is 20.2 Å². The largest absolute Gasteiger partial charge is 0.330 e. The maximum Gasteiger partial charge on any atom is 0.0690 e. The molecule has 11 heavy (non-hydrogen) atoms. The molecule has 0 spiro atoms. The van der Waals surface area contributed by atoms with Crippen LogP contribution in [-0.4, -0.2) is 5.75 Å². The van der Waals surface area contributed by atoms with Gasteiger partial charge >= 0.3 is 0 Å². The van der Waals surface area contributed by atoms with E-state index in [4.69, 9.17) is 0 Å². The summed E-state index contributed by atoms with van der Waals surface area (Å²) in [6.07, 6.45) is 1.82. The van der Waals surface area contributed by atoms with Crippen LogP contribution in [0, 0.1) is 6.16 Å². The van der Waals surface area contributed by atoms with E-state index in [1.807, 2.05) is 24.4 Å². The molecule has 0 heterocycles. The molecule has 1 aromatic carbocycles. The zero-order chi connectivity index (χ0) is 7.94. The normalized spacial score (nSPS) is 10.9. The fourth-order valence-electron chi connectivity index (χ4n) is 0.700. The van der Waals surface area contributed by atoms with Gasteiger partial charge in [0.05, 0.1) is 8.46 Å². The first-order chi connectivity index (χ1) is 5.43. The van der Waals surface area contributed by atoms with E-state index in [0.717, 1.165) is 5.75 Å². The Kier molecular flexibility index (Phi) is 4.41. The van der Waals surface area contributed by atoms with E-state index in [-0.39, 0.29) is 0 Å². The second kappa shape index (κ2) is 5.45. The minimum absolute atomic E-state index is 0.692. The summed E-state index contributed by atoms with van der Waals surface area (Å²) in [6.45, 7) is 0. The first-order valence-corrected chi connectivity index (χ1v) is 5.50. The van der Waals surface area contributed by atoms with Gasteiger partial charge in [-0.2, -0.15) is 0 Å². The summed E-state index contributed by atoms with van der Waals surface area (Å²) >= 11 is 1.71. The minimum atomic E-state index is -0.692. The van der Waals surface area contributed by atoms with Gasteiger partial charge in [-0.1, -0.05) is 18.2 Å². The molecule has 0 amide bonds. The van der Waals surface area contributed by atoms with Crippen LogP contribution in [0.2, 0.25) is 0 Å². The molecule has 1 nitrogen and oxygen atoms in total. The molecule has 1 aromatic rings. The van der Waals surface area contributed by atoms with E-state index in [9.17, 15) is 4.57 Å². The third-order valence-corrected chi connectivity index (χ3v) is 2.92. The first-order valence-electron chi connectivity index (χ1n) is 3.38. The van der Waals surface area contributed by atoms with Crippen molar-refractivity contribution in [1.82, 2.24) is 0 Å². The molecular weight excluding hydrogens is 175 g/mol.